The van der Waals surface area contributed by atoms with Gasteiger partial charge in [-0.25, -0.2) is 9.78 Å². The topological polar surface area (TPSA) is 44.1 Å². The average Bonchev–Trinajstić information content (AvgIpc) is 2.47. The zero-order valence-corrected chi connectivity index (χ0v) is 9.17. The number of carbonyl (C=O) groups excluding carboxylic acids is 1. The van der Waals surface area contributed by atoms with Crippen LogP contribution in [0.1, 0.15) is 24.3 Å². The molecule has 0 aliphatic carbocycles. The van der Waals surface area contributed by atoms with Crippen molar-refractivity contribution in [2.45, 2.75) is 20.4 Å². The van der Waals surface area contributed by atoms with E-state index in [0.29, 0.717) is 23.6 Å². The van der Waals surface area contributed by atoms with Gasteiger partial charge in [0.15, 0.2) is 4.73 Å². The molecule has 1 rings (SSSR count). The van der Waals surface area contributed by atoms with Crippen LogP contribution in [0, 0.1) is 0 Å². The summed E-state index contributed by atoms with van der Waals surface area (Å²) in [5.41, 5.74) is 0.483. The number of imidazole rings is 1. The molecule has 0 spiro atoms. The molecule has 4 nitrogen and oxygen atoms in total. The van der Waals surface area contributed by atoms with Gasteiger partial charge in [-0.05, 0) is 29.8 Å². The largest absolute Gasteiger partial charge is 0.461 e. The van der Waals surface area contributed by atoms with Gasteiger partial charge in [-0.1, -0.05) is 0 Å². The quantitative estimate of drug-likeness (QED) is 0.765. The van der Waals surface area contributed by atoms with Crippen molar-refractivity contribution in [1.82, 2.24) is 9.55 Å². The molecule has 1 aromatic heterocycles. The van der Waals surface area contributed by atoms with Crippen LogP contribution in [0.4, 0.5) is 0 Å². The second-order valence-electron chi connectivity index (χ2n) is 2.38. The van der Waals surface area contributed by atoms with Crippen LogP contribution in [-0.2, 0) is 11.3 Å². The summed E-state index contributed by atoms with van der Waals surface area (Å²) < 4.78 is 7.26. The first-order valence-electron chi connectivity index (χ1n) is 4.08. The van der Waals surface area contributed by atoms with E-state index < -0.39 is 0 Å². The Morgan fingerprint density at radius 2 is 2.38 bits per heavy atom. The summed E-state index contributed by atoms with van der Waals surface area (Å²) in [5, 5.41) is 0. The second-order valence-corrected chi connectivity index (χ2v) is 3.09. The van der Waals surface area contributed by atoms with Crippen LogP contribution >= 0.6 is 15.9 Å². The maximum Gasteiger partial charge on any atom is 0.356 e. The van der Waals surface area contributed by atoms with E-state index in [-0.39, 0.29) is 5.97 Å². The number of rotatable bonds is 3. The predicted molar refractivity (Wildman–Crippen MR) is 51.6 cm³/mol. The summed E-state index contributed by atoms with van der Waals surface area (Å²) in [5.74, 6) is -0.331. The van der Waals surface area contributed by atoms with E-state index in [2.05, 4.69) is 20.9 Å². The van der Waals surface area contributed by atoms with Gasteiger partial charge in [0.1, 0.15) is 5.69 Å². The summed E-state index contributed by atoms with van der Waals surface area (Å²) in [7, 11) is 0. The lowest BCUT2D eigenvalue weighted by molar-refractivity contribution is 0.0513. The van der Waals surface area contributed by atoms with Gasteiger partial charge in [-0.15, -0.1) is 0 Å². The molecule has 72 valence electrons. The van der Waals surface area contributed by atoms with Gasteiger partial charge in [-0.3, -0.25) is 0 Å². The molecule has 0 bridgehead atoms. The summed E-state index contributed by atoms with van der Waals surface area (Å²) in [4.78, 5) is 15.3. The van der Waals surface area contributed by atoms with Crippen molar-refractivity contribution in [3.05, 3.63) is 16.6 Å². The fraction of sp³-hybridized carbons (Fsp3) is 0.500. The smallest absolute Gasteiger partial charge is 0.356 e. The number of carbonyl (C=O) groups is 1. The van der Waals surface area contributed by atoms with Gasteiger partial charge in [0.2, 0.25) is 0 Å². The monoisotopic (exact) mass is 246 g/mol. The SMILES string of the molecule is CCOC(=O)c1cnc(Br)n1CC. The molecule has 0 saturated carbocycles. The third-order valence-electron chi connectivity index (χ3n) is 1.61. The van der Waals surface area contributed by atoms with Crippen molar-refractivity contribution >= 4 is 21.9 Å². The third-order valence-corrected chi connectivity index (χ3v) is 2.24. The summed E-state index contributed by atoms with van der Waals surface area (Å²) in [6, 6.07) is 0. The highest BCUT2D eigenvalue weighted by molar-refractivity contribution is 9.10. The Bertz CT molecular complexity index is 309. The van der Waals surface area contributed by atoms with E-state index in [4.69, 9.17) is 4.74 Å². The number of ether oxygens (including phenoxy) is 1. The lowest BCUT2D eigenvalue weighted by Gasteiger charge is -2.04. The van der Waals surface area contributed by atoms with Gasteiger partial charge >= 0.3 is 5.97 Å². The van der Waals surface area contributed by atoms with Gasteiger partial charge in [0, 0.05) is 6.54 Å². The molecule has 5 heteroatoms. The molecule has 1 aromatic rings. The van der Waals surface area contributed by atoms with E-state index in [1.807, 2.05) is 6.92 Å². The van der Waals surface area contributed by atoms with Crippen molar-refractivity contribution in [3.63, 3.8) is 0 Å². The first-order valence-corrected chi connectivity index (χ1v) is 4.88. The van der Waals surface area contributed by atoms with E-state index in [9.17, 15) is 4.79 Å². The minimum atomic E-state index is -0.331. The molecule has 0 fully saturated rings. The Kier molecular flexibility index (Phi) is 3.48. The lowest BCUT2D eigenvalue weighted by atomic mass is 10.4. The number of hydrogen-bond acceptors (Lipinski definition) is 3. The van der Waals surface area contributed by atoms with Gasteiger partial charge in [0.25, 0.3) is 0 Å². The first-order chi connectivity index (χ1) is 6.20. The lowest BCUT2D eigenvalue weighted by Crippen LogP contribution is -2.11. The molecule has 0 radical (unpaired) electrons. The van der Waals surface area contributed by atoms with Crippen LogP contribution < -0.4 is 0 Å². The zero-order chi connectivity index (χ0) is 9.84. The Hall–Kier alpha value is -0.840. The summed E-state index contributed by atoms with van der Waals surface area (Å²) in [6.07, 6.45) is 1.51. The van der Waals surface area contributed by atoms with Crippen molar-refractivity contribution in [2.24, 2.45) is 0 Å². The molecule has 0 N–H and O–H groups in total. The molecule has 0 unspecified atom stereocenters. The van der Waals surface area contributed by atoms with Gasteiger partial charge in [-0.2, -0.15) is 0 Å². The normalized spacial score (nSPS) is 10.1. The van der Waals surface area contributed by atoms with Crippen molar-refractivity contribution in [1.29, 1.82) is 0 Å². The average molecular weight is 247 g/mol. The molecule has 0 atom stereocenters. The summed E-state index contributed by atoms with van der Waals surface area (Å²) >= 11 is 3.24. The highest BCUT2D eigenvalue weighted by atomic mass is 79.9. The second kappa shape index (κ2) is 4.41. The molecule has 0 aliphatic heterocycles. The van der Waals surface area contributed by atoms with Crippen molar-refractivity contribution in [3.8, 4) is 0 Å². The number of aromatic nitrogens is 2. The van der Waals surface area contributed by atoms with Crippen LogP contribution in [-0.4, -0.2) is 22.1 Å². The number of hydrogen-bond donors (Lipinski definition) is 0. The fourth-order valence-corrected chi connectivity index (χ4v) is 1.57. The van der Waals surface area contributed by atoms with E-state index in [1.54, 1.807) is 11.5 Å². The Morgan fingerprint density at radius 1 is 1.69 bits per heavy atom. The van der Waals surface area contributed by atoms with E-state index >= 15 is 0 Å². The number of esters is 1. The van der Waals surface area contributed by atoms with Crippen LogP contribution in [0.15, 0.2) is 10.9 Å². The number of nitrogens with zero attached hydrogens (tertiary/aromatic N) is 2. The zero-order valence-electron chi connectivity index (χ0n) is 7.58. The Balaban J connectivity index is 2.93. The maximum atomic E-state index is 11.3. The van der Waals surface area contributed by atoms with Crippen LogP contribution in [0.5, 0.6) is 0 Å². The maximum absolute atomic E-state index is 11.3. The molecule has 0 aliphatic rings. The van der Waals surface area contributed by atoms with Crippen molar-refractivity contribution < 1.29 is 9.53 Å². The predicted octanol–water partition coefficient (Wildman–Crippen LogP) is 1.84. The van der Waals surface area contributed by atoms with E-state index in [0.717, 1.165) is 0 Å². The minimum Gasteiger partial charge on any atom is -0.461 e. The van der Waals surface area contributed by atoms with Gasteiger partial charge in [0.05, 0.1) is 12.8 Å². The molecular formula is C8H11BrN2O2. The standard InChI is InChI=1S/C8H11BrN2O2/c1-3-11-6(5-10-8(11)9)7(12)13-4-2/h5H,3-4H2,1-2H3. The molecule has 0 saturated heterocycles. The summed E-state index contributed by atoms with van der Waals surface area (Å²) in [6.45, 7) is 4.79. The van der Waals surface area contributed by atoms with E-state index in [1.165, 1.54) is 6.20 Å². The Morgan fingerprint density at radius 3 is 2.92 bits per heavy atom. The van der Waals surface area contributed by atoms with Crippen LogP contribution in [0.2, 0.25) is 0 Å². The van der Waals surface area contributed by atoms with Crippen LogP contribution in [0.3, 0.4) is 0 Å². The molecule has 0 aromatic carbocycles. The third kappa shape index (κ3) is 2.09. The number of halogens is 1. The molecular weight excluding hydrogens is 236 g/mol. The van der Waals surface area contributed by atoms with Crippen molar-refractivity contribution in [2.75, 3.05) is 6.61 Å². The Labute approximate surface area is 85.0 Å². The highest BCUT2D eigenvalue weighted by Crippen LogP contribution is 2.12. The highest BCUT2D eigenvalue weighted by Gasteiger charge is 2.14. The van der Waals surface area contributed by atoms with Gasteiger partial charge < -0.3 is 9.30 Å². The molecule has 0 amide bonds. The minimum absolute atomic E-state index is 0.331. The molecule has 13 heavy (non-hydrogen) atoms. The van der Waals surface area contributed by atoms with Crippen LogP contribution in [0.25, 0.3) is 0 Å². The molecule has 1 heterocycles. The first kappa shape index (κ1) is 10.2. The fourth-order valence-electron chi connectivity index (χ4n) is 1.02.